The highest BCUT2D eigenvalue weighted by Crippen LogP contribution is 2.19. The zero-order chi connectivity index (χ0) is 26.7. The van der Waals surface area contributed by atoms with Gasteiger partial charge >= 0.3 is 18.2 Å². The van der Waals surface area contributed by atoms with Gasteiger partial charge in [0.2, 0.25) is 0 Å². The van der Waals surface area contributed by atoms with Crippen molar-refractivity contribution in [3.8, 4) is 0 Å². The van der Waals surface area contributed by atoms with Gasteiger partial charge in [-0.15, -0.1) is 0 Å². The monoisotopic (exact) mass is 512 g/mol. The molecule has 0 aliphatic carbocycles. The summed E-state index contributed by atoms with van der Waals surface area (Å²) in [6.45, 7) is 3.09. The number of carbonyl (C=O) groups excluding carboxylic acids is 2. The van der Waals surface area contributed by atoms with Crippen molar-refractivity contribution in [1.82, 2.24) is 20.1 Å². The van der Waals surface area contributed by atoms with Crippen molar-refractivity contribution in [3.63, 3.8) is 0 Å². The van der Waals surface area contributed by atoms with Crippen molar-refractivity contribution in [3.05, 3.63) is 65.7 Å². The van der Waals surface area contributed by atoms with Crippen LogP contribution in [0.1, 0.15) is 28.9 Å². The van der Waals surface area contributed by atoms with E-state index in [1.807, 2.05) is 18.2 Å². The Kier molecular flexibility index (Phi) is 10.8. The molecule has 1 aromatic carbocycles. The van der Waals surface area contributed by atoms with Crippen molar-refractivity contribution >= 4 is 17.8 Å². The lowest BCUT2D eigenvalue weighted by Gasteiger charge is -2.33. The Labute approximate surface area is 205 Å². The third-order valence-electron chi connectivity index (χ3n) is 5.51. The van der Waals surface area contributed by atoms with Gasteiger partial charge in [0.05, 0.1) is 18.8 Å². The molecule has 0 atom stereocenters. The molecular formula is C24H28F4N4O4. The topological polar surface area (TPSA) is 103 Å². The van der Waals surface area contributed by atoms with E-state index in [4.69, 9.17) is 9.90 Å². The molecule has 2 N–H and O–H groups in total. The van der Waals surface area contributed by atoms with Crippen molar-refractivity contribution in [1.29, 1.82) is 0 Å². The van der Waals surface area contributed by atoms with Crippen LogP contribution in [0.2, 0.25) is 0 Å². The van der Waals surface area contributed by atoms with E-state index >= 15 is 0 Å². The summed E-state index contributed by atoms with van der Waals surface area (Å²) in [4.78, 5) is 41.6. The molecule has 2 heterocycles. The van der Waals surface area contributed by atoms with Crippen LogP contribution < -0.4 is 5.32 Å². The predicted octanol–water partition coefficient (Wildman–Crippen LogP) is 3.59. The fourth-order valence-corrected chi connectivity index (χ4v) is 3.53. The number of pyridine rings is 1. The average Bonchev–Trinajstić information content (AvgIpc) is 2.84. The number of rotatable bonds is 7. The summed E-state index contributed by atoms with van der Waals surface area (Å²) in [5, 5.41) is 10.0. The van der Waals surface area contributed by atoms with Crippen LogP contribution in [0.3, 0.4) is 0 Å². The standard InChI is InChI=1S/C22H27FN4O2.C2HF3O2/c1-26(22(29)25-14-20-4-2-3-11-24-20)15-17-9-12-27(13-10-17)16-21(28)18-5-7-19(23)8-6-18;3-2(4,5)1(6)7/h2-8,11,17H,9-10,12-16H2,1H3,(H,25,29);(H,6,7). The van der Waals surface area contributed by atoms with Crippen LogP contribution in [-0.2, 0) is 11.3 Å². The smallest absolute Gasteiger partial charge is 0.475 e. The molecule has 36 heavy (non-hydrogen) atoms. The average molecular weight is 513 g/mol. The summed E-state index contributed by atoms with van der Waals surface area (Å²) in [7, 11) is 1.80. The minimum absolute atomic E-state index is 0.00877. The molecule has 0 saturated carbocycles. The van der Waals surface area contributed by atoms with E-state index in [9.17, 15) is 27.2 Å². The number of amides is 2. The molecular weight excluding hydrogens is 484 g/mol. The van der Waals surface area contributed by atoms with Crippen LogP contribution >= 0.6 is 0 Å². The molecule has 1 aromatic heterocycles. The number of benzene rings is 1. The number of carboxylic acids is 1. The zero-order valence-electron chi connectivity index (χ0n) is 19.7. The molecule has 0 bridgehead atoms. The molecule has 1 saturated heterocycles. The van der Waals surface area contributed by atoms with E-state index < -0.39 is 12.1 Å². The van der Waals surface area contributed by atoms with Crippen LogP contribution in [0.15, 0.2) is 48.7 Å². The number of alkyl halides is 3. The van der Waals surface area contributed by atoms with Crippen molar-refractivity contribution in [2.75, 3.05) is 33.2 Å². The second-order valence-electron chi connectivity index (χ2n) is 8.31. The largest absolute Gasteiger partial charge is 0.490 e. The van der Waals surface area contributed by atoms with Gasteiger partial charge in [0.1, 0.15) is 5.82 Å². The van der Waals surface area contributed by atoms with Crippen molar-refractivity contribution in [2.24, 2.45) is 5.92 Å². The molecule has 8 nitrogen and oxygen atoms in total. The highest BCUT2D eigenvalue weighted by molar-refractivity contribution is 5.97. The van der Waals surface area contributed by atoms with Gasteiger partial charge in [0.15, 0.2) is 5.78 Å². The normalized spacial score (nSPS) is 14.4. The summed E-state index contributed by atoms with van der Waals surface area (Å²) < 4.78 is 44.7. The number of aromatic nitrogens is 1. The Hall–Kier alpha value is -3.54. The Bertz CT molecular complexity index is 995. The quantitative estimate of drug-likeness (QED) is 0.434. The molecule has 1 aliphatic heterocycles. The summed E-state index contributed by atoms with van der Waals surface area (Å²) in [5.74, 6) is -2.67. The molecule has 2 amide bonds. The van der Waals surface area contributed by atoms with Gasteiger partial charge < -0.3 is 15.3 Å². The number of hydrogen-bond acceptors (Lipinski definition) is 5. The highest BCUT2D eigenvalue weighted by Gasteiger charge is 2.38. The van der Waals surface area contributed by atoms with E-state index in [-0.39, 0.29) is 17.6 Å². The lowest BCUT2D eigenvalue weighted by molar-refractivity contribution is -0.192. The second-order valence-corrected chi connectivity index (χ2v) is 8.31. The van der Waals surface area contributed by atoms with E-state index in [1.54, 1.807) is 18.1 Å². The number of ketones is 1. The molecule has 12 heteroatoms. The van der Waals surface area contributed by atoms with E-state index in [0.29, 0.717) is 31.1 Å². The molecule has 0 spiro atoms. The predicted molar refractivity (Wildman–Crippen MR) is 123 cm³/mol. The minimum atomic E-state index is -5.08. The van der Waals surface area contributed by atoms with Crippen LogP contribution in [0, 0.1) is 11.7 Å². The zero-order valence-corrected chi connectivity index (χ0v) is 19.7. The van der Waals surface area contributed by atoms with Crippen LogP contribution in [0.4, 0.5) is 22.4 Å². The van der Waals surface area contributed by atoms with Gasteiger partial charge in [-0.05, 0) is 68.2 Å². The van der Waals surface area contributed by atoms with E-state index in [0.717, 1.165) is 31.6 Å². The first kappa shape index (κ1) is 28.7. The molecule has 2 aromatic rings. The van der Waals surface area contributed by atoms with Gasteiger partial charge in [-0.1, -0.05) is 6.07 Å². The number of nitrogens with one attached hydrogen (secondary N) is 1. The van der Waals surface area contributed by atoms with E-state index in [2.05, 4.69) is 15.2 Å². The van der Waals surface area contributed by atoms with Gasteiger partial charge in [-0.25, -0.2) is 14.0 Å². The minimum Gasteiger partial charge on any atom is -0.475 e. The summed E-state index contributed by atoms with van der Waals surface area (Å²) in [5.41, 5.74) is 1.37. The number of aliphatic carboxylic acids is 1. The maximum absolute atomic E-state index is 13.0. The number of nitrogens with zero attached hydrogens (tertiary/aromatic N) is 3. The Morgan fingerprint density at radius 2 is 1.72 bits per heavy atom. The maximum Gasteiger partial charge on any atom is 0.490 e. The third-order valence-corrected chi connectivity index (χ3v) is 5.51. The van der Waals surface area contributed by atoms with Crippen LogP contribution in [-0.4, -0.2) is 77.1 Å². The Morgan fingerprint density at radius 1 is 1.11 bits per heavy atom. The molecule has 3 rings (SSSR count). The number of carboxylic acid groups (broad SMARTS) is 1. The van der Waals surface area contributed by atoms with Crippen molar-refractivity contribution in [2.45, 2.75) is 25.6 Å². The lowest BCUT2D eigenvalue weighted by atomic mass is 9.96. The highest BCUT2D eigenvalue weighted by atomic mass is 19.4. The van der Waals surface area contributed by atoms with Crippen LogP contribution in [0.25, 0.3) is 0 Å². The molecule has 0 unspecified atom stereocenters. The first-order valence-corrected chi connectivity index (χ1v) is 11.2. The second kappa shape index (κ2) is 13.5. The lowest BCUT2D eigenvalue weighted by Crippen LogP contribution is -2.43. The van der Waals surface area contributed by atoms with Gasteiger partial charge in [-0.3, -0.25) is 14.7 Å². The first-order chi connectivity index (χ1) is 17.0. The maximum atomic E-state index is 13.0. The number of likely N-dealkylation sites (tertiary alicyclic amines) is 1. The summed E-state index contributed by atoms with van der Waals surface area (Å²) >= 11 is 0. The summed E-state index contributed by atoms with van der Waals surface area (Å²) in [6.07, 6.45) is -1.50. The first-order valence-electron chi connectivity index (χ1n) is 11.2. The van der Waals surface area contributed by atoms with Gasteiger partial charge in [-0.2, -0.15) is 13.2 Å². The molecule has 196 valence electrons. The fourth-order valence-electron chi connectivity index (χ4n) is 3.53. The number of urea groups is 1. The summed E-state index contributed by atoms with van der Waals surface area (Å²) in [6, 6.07) is 11.2. The number of piperidine rings is 1. The van der Waals surface area contributed by atoms with Crippen molar-refractivity contribution < 1.29 is 37.1 Å². The molecule has 1 aliphatic rings. The molecule has 1 fully saturated rings. The van der Waals surface area contributed by atoms with Crippen LogP contribution in [0.5, 0.6) is 0 Å². The number of Topliss-reactive ketones (excluding diaryl/α,β-unsaturated/α-hetero) is 1. The fraction of sp³-hybridized carbons (Fsp3) is 0.417. The van der Waals surface area contributed by atoms with Gasteiger partial charge in [0, 0.05) is 25.4 Å². The third kappa shape index (κ3) is 9.98. The van der Waals surface area contributed by atoms with Gasteiger partial charge in [0.25, 0.3) is 0 Å². The van der Waals surface area contributed by atoms with E-state index in [1.165, 1.54) is 24.3 Å². The number of halogens is 4. The number of carbonyl (C=O) groups is 3. The molecule has 0 radical (unpaired) electrons. The SMILES string of the molecule is CN(CC1CCN(CC(=O)c2ccc(F)cc2)CC1)C(=O)NCc1ccccn1.O=C(O)C(F)(F)F. The Morgan fingerprint density at radius 3 is 2.25 bits per heavy atom. The number of hydrogen-bond donors (Lipinski definition) is 2. The Balaban J connectivity index is 0.000000572.